The van der Waals surface area contributed by atoms with Crippen LogP contribution in [0.5, 0.6) is 0 Å². The Labute approximate surface area is 113 Å². The number of aryl methyl sites for hydroxylation is 1. The zero-order valence-corrected chi connectivity index (χ0v) is 11.4. The van der Waals surface area contributed by atoms with E-state index in [0.717, 1.165) is 15.6 Å². The Morgan fingerprint density at radius 1 is 1.17 bits per heavy atom. The van der Waals surface area contributed by atoms with Gasteiger partial charge in [-0.1, -0.05) is 22.0 Å². The summed E-state index contributed by atoms with van der Waals surface area (Å²) >= 11 is 3.51. The molecule has 0 spiro atoms. The third-order valence-corrected chi connectivity index (χ3v) is 3.69. The van der Waals surface area contributed by atoms with Gasteiger partial charge in [0.05, 0.1) is 0 Å². The molecule has 18 heavy (non-hydrogen) atoms. The molecule has 1 heterocycles. The van der Waals surface area contributed by atoms with Crippen molar-refractivity contribution in [2.75, 3.05) is 5.73 Å². The minimum absolute atomic E-state index is 0.608. The predicted octanol–water partition coefficient (Wildman–Crippen LogP) is 4.15. The molecule has 0 unspecified atom stereocenters. The van der Waals surface area contributed by atoms with Crippen molar-refractivity contribution in [1.82, 2.24) is 4.98 Å². The third kappa shape index (κ3) is 1.88. The molecule has 0 saturated carbocycles. The zero-order chi connectivity index (χ0) is 12.7. The molecule has 3 rings (SSSR count). The van der Waals surface area contributed by atoms with Crippen LogP contribution < -0.4 is 5.73 Å². The quantitative estimate of drug-likeness (QED) is 0.687. The molecule has 0 fully saturated rings. The van der Waals surface area contributed by atoms with E-state index in [1.54, 1.807) is 6.07 Å². The standard InChI is InChI=1S/C14H11BrN2O/c1-8-2-3-9(6-11(8)15)14-17-12-5-4-10(16)7-13(12)18-14/h2-7H,16H2,1H3. The Balaban J connectivity index is 2.16. The summed E-state index contributed by atoms with van der Waals surface area (Å²) < 4.78 is 6.76. The molecule has 2 N–H and O–H groups in total. The average molecular weight is 303 g/mol. The number of fused-ring (bicyclic) bond motifs is 1. The number of anilines is 1. The van der Waals surface area contributed by atoms with E-state index in [2.05, 4.69) is 20.9 Å². The number of hydrogen-bond donors (Lipinski definition) is 1. The van der Waals surface area contributed by atoms with Crippen LogP contribution in [0, 0.1) is 6.92 Å². The first kappa shape index (κ1) is 11.3. The molecule has 90 valence electrons. The molecule has 0 aliphatic heterocycles. The normalized spacial score (nSPS) is 11.0. The second kappa shape index (κ2) is 4.14. The summed E-state index contributed by atoms with van der Waals surface area (Å²) in [7, 11) is 0. The van der Waals surface area contributed by atoms with Gasteiger partial charge in [0.15, 0.2) is 5.58 Å². The molecule has 4 heteroatoms. The SMILES string of the molecule is Cc1ccc(-c2nc3ccc(N)cc3o2)cc1Br. The number of nitrogens with zero attached hydrogens (tertiary/aromatic N) is 1. The Kier molecular flexibility index (Phi) is 2.59. The zero-order valence-electron chi connectivity index (χ0n) is 9.77. The first-order valence-corrected chi connectivity index (χ1v) is 6.35. The molecule has 3 nitrogen and oxygen atoms in total. The van der Waals surface area contributed by atoms with Crippen LogP contribution in [0.3, 0.4) is 0 Å². The molecule has 3 aromatic rings. The van der Waals surface area contributed by atoms with Crippen molar-refractivity contribution in [2.24, 2.45) is 0 Å². The lowest BCUT2D eigenvalue weighted by molar-refractivity contribution is 0.620. The van der Waals surface area contributed by atoms with Crippen LogP contribution in [0.1, 0.15) is 5.56 Å². The third-order valence-electron chi connectivity index (χ3n) is 2.83. The van der Waals surface area contributed by atoms with Gasteiger partial charge in [-0.2, -0.15) is 0 Å². The van der Waals surface area contributed by atoms with Crippen molar-refractivity contribution in [3.63, 3.8) is 0 Å². The van der Waals surface area contributed by atoms with E-state index >= 15 is 0 Å². The summed E-state index contributed by atoms with van der Waals surface area (Å²) in [5.74, 6) is 0.608. The largest absolute Gasteiger partial charge is 0.436 e. The maximum absolute atomic E-state index is 5.72. The van der Waals surface area contributed by atoms with Crippen LogP contribution in [0.15, 0.2) is 45.3 Å². The first-order valence-electron chi connectivity index (χ1n) is 5.56. The van der Waals surface area contributed by atoms with Gasteiger partial charge < -0.3 is 10.2 Å². The van der Waals surface area contributed by atoms with E-state index in [0.29, 0.717) is 17.2 Å². The van der Waals surface area contributed by atoms with Crippen molar-refractivity contribution >= 4 is 32.7 Å². The Morgan fingerprint density at radius 3 is 2.78 bits per heavy atom. The highest BCUT2D eigenvalue weighted by atomic mass is 79.9. The van der Waals surface area contributed by atoms with E-state index in [1.807, 2.05) is 37.3 Å². The predicted molar refractivity (Wildman–Crippen MR) is 76.3 cm³/mol. The monoisotopic (exact) mass is 302 g/mol. The fourth-order valence-electron chi connectivity index (χ4n) is 1.79. The number of nitrogens with two attached hydrogens (primary N) is 1. The van der Waals surface area contributed by atoms with E-state index in [9.17, 15) is 0 Å². The van der Waals surface area contributed by atoms with Crippen molar-refractivity contribution < 1.29 is 4.42 Å². The van der Waals surface area contributed by atoms with Gasteiger partial charge in [0.1, 0.15) is 5.52 Å². The van der Waals surface area contributed by atoms with Gasteiger partial charge >= 0.3 is 0 Å². The lowest BCUT2D eigenvalue weighted by Gasteiger charge is -1.99. The van der Waals surface area contributed by atoms with Crippen LogP contribution in [0.25, 0.3) is 22.6 Å². The van der Waals surface area contributed by atoms with Crippen LogP contribution in [0.2, 0.25) is 0 Å². The fraction of sp³-hybridized carbons (Fsp3) is 0.0714. The summed E-state index contributed by atoms with van der Waals surface area (Å²) in [5.41, 5.74) is 10.0. The highest BCUT2D eigenvalue weighted by molar-refractivity contribution is 9.10. The van der Waals surface area contributed by atoms with Crippen LogP contribution in [-0.4, -0.2) is 4.98 Å². The van der Waals surface area contributed by atoms with E-state index in [-0.39, 0.29) is 0 Å². The smallest absolute Gasteiger partial charge is 0.227 e. The molecule has 0 aliphatic rings. The molecule has 0 radical (unpaired) electrons. The summed E-state index contributed by atoms with van der Waals surface area (Å²) in [5, 5.41) is 0. The fourth-order valence-corrected chi connectivity index (χ4v) is 2.17. The molecule has 0 aliphatic carbocycles. The van der Waals surface area contributed by atoms with Crippen molar-refractivity contribution in [3.8, 4) is 11.5 Å². The van der Waals surface area contributed by atoms with Gasteiger partial charge in [-0.05, 0) is 36.8 Å². The molecule has 0 amide bonds. The number of rotatable bonds is 1. The number of benzene rings is 2. The number of hydrogen-bond acceptors (Lipinski definition) is 3. The molecular weight excluding hydrogens is 292 g/mol. The van der Waals surface area contributed by atoms with Crippen molar-refractivity contribution in [2.45, 2.75) is 6.92 Å². The lowest BCUT2D eigenvalue weighted by atomic mass is 10.1. The molecule has 0 saturated heterocycles. The van der Waals surface area contributed by atoms with Crippen molar-refractivity contribution in [3.05, 3.63) is 46.4 Å². The van der Waals surface area contributed by atoms with Gasteiger partial charge in [-0.3, -0.25) is 0 Å². The first-order chi connectivity index (χ1) is 8.63. The number of oxazole rings is 1. The van der Waals surface area contributed by atoms with Crippen molar-refractivity contribution in [1.29, 1.82) is 0 Å². The summed E-state index contributed by atoms with van der Waals surface area (Å²) in [6.45, 7) is 2.04. The van der Waals surface area contributed by atoms with Crippen LogP contribution in [-0.2, 0) is 0 Å². The van der Waals surface area contributed by atoms with Gasteiger partial charge in [-0.15, -0.1) is 0 Å². The highest BCUT2D eigenvalue weighted by Crippen LogP contribution is 2.28. The summed E-state index contributed by atoms with van der Waals surface area (Å²) in [6.07, 6.45) is 0. The topological polar surface area (TPSA) is 52.0 Å². The Morgan fingerprint density at radius 2 is 2.00 bits per heavy atom. The van der Waals surface area contributed by atoms with E-state index in [4.69, 9.17) is 10.2 Å². The molecule has 2 aromatic carbocycles. The van der Waals surface area contributed by atoms with Crippen LogP contribution in [0.4, 0.5) is 5.69 Å². The summed E-state index contributed by atoms with van der Waals surface area (Å²) in [6, 6.07) is 11.5. The minimum atomic E-state index is 0.608. The molecule has 0 bridgehead atoms. The van der Waals surface area contributed by atoms with Gasteiger partial charge in [0.2, 0.25) is 5.89 Å². The number of halogens is 1. The number of aromatic nitrogens is 1. The molecule has 1 aromatic heterocycles. The average Bonchev–Trinajstić information content (AvgIpc) is 2.75. The Bertz CT molecular complexity index is 734. The van der Waals surface area contributed by atoms with E-state index < -0.39 is 0 Å². The summed E-state index contributed by atoms with van der Waals surface area (Å²) in [4.78, 5) is 4.45. The lowest BCUT2D eigenvalue weighted by Crippen LogP contribution is -1.81. The Hall–Kier alpha value is -1.81. The number of nitrogen functional groups attached to an aromatic ring is 1. The maximum atomic E-state index is 5.72. The van der Waals surface area contributed by atoms with Gasteiger partial charge in [0, 0.05) is 21.8 Å². The van der Waals surface area contributed by atoms with Crippen LogP contribution >= 0.6 is 15.9 Å². The van der Waals surface area contributed by atoms with E-state index in [1.165, 1.54) is 5.56 Å². The minimum Gasteiger partial charge on any atom is -0.436 e. The maximum Gasteiger partial charge on any atom is 0.227 e. The van der Waals surface area contributed by atoms with Gasteiger partial charge in [0.25, 0.3) is 0 Å². The highest BCUT2D eigenvalue weighted by Gasteiger charge is 2.09. The van der Waals surface area contributed by atoms with Gasteiger partial charge in [-0.25, -0.2) is 4.98 Å². The second-order valence-corrected chi connectivity index (χ2v) is 5.06. The second-order valence-electron chi connectivity index (χ2n) is 4.21. The molecular formula is C14H11BrN2O. The molecule has 0 atom stereocenters.